The number of aliphatic imine (C=N–C) groups is 1. The second-order valence-corrected chi connectivity index (χ2v) is 9.29. The van der Waals surface area contributed by atoms with E-state index in [4.69, 9.17) is 9.73 Å². The predicted octanol–water partition coefficient (Wildman–Crippen LogP) is 5.22. The molecule has 2 aliphatic rings. The van der Waals surface area contributed by atoms with Crippen LogP contribution >= 0.6 is 11.3 Å². The number of hydrogen-bond donors (Lipinski definition) is 1. The number of hydrogen-bond acceptors (Lipinski definition) is 6. The van der Waals surface area contributed by atoms with E-state index in [1.807, 2.05) is 0 Å². The third kappa shape index (κ3) is 3.93. The van der Waals surface area contributed by atoms with Crippen molar-refractivity contribution >= 4 is 43.6 Å². The zero-order valence-corrected chi connectivity index (χ0v) is 18.7. The molecule has 0 saturated carbocycles. The fourth-order valence-electron chi connectivity index (χ4n) is 4.50. The number of ether oxygens (including phenoxy) is 1. The number of benzene rings is 2. The summed E-state index contributed by atoms with van der Waals surface area (Å²) in [4.78, 5) is 9.95. The van der Waals surface area contributed by atoms with Gasteiger partial charge >= 0.3 is 0 Å². The Kier molecular flexibility index (Phi) is 5.65. The van der Waals surface area contributed by atoms with Gasteiger partial charge in [0.25, 0.3) is 0 Å². The van der Waals surface area contributed by atoms with E-state index in [9.17, 15) is 4.39 Å². The molecular weight excluding hydrogens is 411 g/mol. The van der Waals surface area contributed by atoms with E-state index in [1.165, 1.54) is 22.2 Å². The molecule has 1 unspecified atom stereocenters. The van der Waals surface area contributed by atoms with E-state index in [2.05, 4.69) is 46.4 Å². The number of rotatable bonds is 4. The molecule has 1 fully saturated rings. The van der Waals surface area contributed by atoms with Gasteiger partial charge in [0.05, 0.1) is 16.9 Å². The van der Waals surface area contributed by atoms with Crippen LogP contribution in [0.2, 0.25) is 0 Å². The number of halogens is 1. The zero-order valence-electron chi connectivity index (χ0n) is 17.9. The molecule has 5 rings (SSSR count). The van der Waals surface area contributed by atoms with Crippen LogP contribution in [0.1, 0.15) is 18.4 Å². The van der Waals surface area contributed by atoms with Gasteiger partial charge in [-0.15, -0.1) is 11.3 Å². The first-order valence-corrected chi connectivity index (χ1v) is 11.6. The molecule has 3 aromatic rings. The first kappa shape index (κ1) is 20.4. The van der Waals surface area contributed by atoms with Gasteiger partial charge in [-0.05, 0) is 44.2 Å². The van der Waals surface area contributed by atoms with Gasteiger partial charge in [0.2, 0.25) is 0 Å². The molecule has 1 saturated heterocycles. The van der Waals surface area contributed by atoms with Crippen LogP contribution in [0.4, 0.5) is 20.8 Å². The van der Waals surface area contributed by atoms with Gasteiger partial charge in [-0.1, -0.05) is 18.2 Å². The van der Waals surface area contributed by atoms with Crippen molar-refractivity contribution in [3.05, 3.63) is 53.8 Å². The van der Waals surface area contributed by atoms with Gasteiger partial charge in [0, 0.05) is 49.5 Å². The highest BCUT2D eigenvalue weighted by atomic mass is 32.1. The molecule has 0 amide bonds. The molecule has 3 heterocycles. The normalized spacial score (nSPS) is 18.9. The second-order valence-electron chi connectivity index (χ2n) is 8.24. The number of methoxy groups -OCH3 is 1. The number of thiophene rings is 1. The Morgan fingerprint density at radius 3 is 2.97 bits per heavy atom. The Morgan fingerprint density at radius 2 is 2.10 bits per heavy atom. The first-order chi connectivity index (χ1) is 15.1. The molecule has 2 aliphatic heterocycles. The quantitative estimate of drug-likeness (QED) is 0.567. The summed E-state index contributed by atoms with van der Waals surface area (Å²) < 4.78 is 20.5. The van der Waals surface area contributed by atoms with Crippen LogP contribution in [0.15, 0.2) is 47.5 Å². The topological polar surface area (TPSA) is 40.1 Å². The fourth-order valence-corrected chi connectivity index (χ4v) is 5.61. The van der Waals surface area contributed by atoms with Crippen LogP contribution in [-0.4, -0.2) is 62.1 Å². The summed E-state index contributed by atoms with van der Waals surface area (Å²) in [6.07, 6.45) is 2.13. The highest BCUT2D eigenvalue weighted by molar-refractivity contribution is 7.23. The van der Waals surface area contributed by atoms with Gasteiger partial charge in [0.15, 0.2) is 0 Å². The second kappa shape index (κ2) is 8.57. The van der Waals surface area contributed by atoms with Crippen LogP contribution in [0.3, 0.4) is 0 Å². The number of amidine groups is 1. The zero-order chi connectivity index (χ0) is 21.4. The van der Waals surface area contributed by atoms with E-state index in [1.54, 1.807) is 24.5 Å². The minimum absolute atomic E-state index is 0.259. The lowest BCUT2D eigenvalue weighted by atomic mass is 10.0. The van der Waals surface area contributed by atoms with Gasteiger partial charge in [-0.3, -0.25) is 4.90 Å². The van der Waals surface area contributed by atoms with Crippen LogP contribution in [-0.2, 0) is 4.74 Å². The molecular formula is C24H27FN4OS. The van der Waals surface area contributed by atoms with Crippen molar-refractivity contribution in [3.8, 4) is 0 Å². The number of piperazine rings is 1. The Hall–Kier alpha value is -2.48. The monoisotopic (exact) mass is 438 g/mol. The van der Waals surface area contributed by atoms with Gasteiger partial charge in [-0.2, -0.15) is 0 Å². The Bertz CT molecular complexity index is 1130. The molecule has 0 aliphatic carbocycles. The Morgan fingerprint density at radius 1 is 1.23 bits per heavy atom. The van der Waals surface area contributed by atoms with Crippen LogP contribution in [0.5, 0.6) is 0 Å². The molecule has 1 N–H and O–H groups in total. The minimum atomic E-state index is -0.259. The standard InChI is InChI=1S/C24H27FN4OS/c1-28-11-12-29(15-17(28)6-5-13-30-2)23-22-18-7-3-4-8-21(18)31-24(22)27-20-14-16(25)9-10-19(20)26-23/h3-4,7-10,14,17,27H,5-6,11-13,15H2,1-2H3. The van der Waals surface area contributed by atoms with Gasteiger partial charge in [0.1, 0.15) is 16.7 Å². The van der Waals surface area contributed by atoms with Crippen molar-refractivity contribution in [3.63, 3.8) is 0 Å². The summed E-state index contributed by atoms with van der Waals surface area (Å²) in [7, 11) is 3.96. The molecule has 0 bridgehead atoms. The highest BCUT2D eigenvalue weighted by Gasteiger charge is 2.31. The predicted molar refractivity (Wildman–Crippen MR) is 127 cm³/mol. The summed E-state index contributed by atoms with van der Waals surface area (Å²) in [5.74, 6) is 0.723. The molecule has 2 aromatic carbocycles. The van der Waals surface area contributed by atoms with Crippen molar-refractivity contribution < 1.29 is 9.13 Å². The summed E-state index contributed by atoms with van der Waals surface area (Å²) in [5, 5.41) is 5.69. The lowest BCUT2D eigenvalue weighted by Gasteiger charge is -2.41. The van der Waals surface area contributed by atoms with E-state index < -0.39 is 0 Å². The average Bonchev–Trinajstić information content (AvgIpc) is 3.04. The molecule has 162 valence electrons. The van der Waals surface area contributed by atoms with Crippen molar-refractivity contribution in [1.29, 1.82) is 0 Å². The fraction of sp³-hybridized carbons (Fsp3) is 0.375. The van der Waals surface area contributed by atoms with Crippen LogP contribution < -0.4 is 5.32 Å². The largest absolute Gasteiger partial charge is 0.385 e. The number of nitrogens with one attached hydrogen (secondary N) is 1. The third-order valence-corrected chi connectivity index (χ3v) is 7.30. The van der Waals surface area contributed by atoms with Gasteiger partial charge < -0.3 is 15.0 Å². The molecule has 1 atom stereocenters. The van der Waals surface area contributed by atoms with E-state index >= 15 is 0 Å². The maximum absolute atomic E-state index is 14.0. The summed E-state index contributed by atoms with van der Waals surface area (Å²) in [5.41, 5.74) is 2.62. The third-order valence-electron chi connectivity index (χ3n) is 6.21. The first-order valence-electron chi connectivity index (χ1n) is 10.8. The van der Waals surface area contributed by atoms with Crippen LogP contribution in [0.25, 0.3) is 10.1 Å². The van der Waals surface area contributed by atoms with Gasteiger partial charge in [-0.25, -0.2) is 9.38 Å². The molecule has 1 aromatic heterocycles. The van der Waals surface area contributed by atoms with Crippen molar-refractivity contribution in [1.82, 2.24) is 9.80 Å². The van der Waals surface area contributed by atoms with E-state index in [0.29, 0.717) is 11.7 Å². The number of fused-ring (bicyclic) bond motifs is 4. The highest BCUT2D eigenvalue weighted by Crippen LogP contribution is 2.43. The summed E-state index contributed by atoms with van der Waals surface area (Å²) in [6.45, 7) is 3.60. The molecule has 7 heteroatoms. The average molecular weight is 439 g/mol. The van der Waals surface area contributed by atoms with Crippen molar-refractivity contribution in [2.24, 2.45) is 4.99 Å². The number of nitrogens with zero attached hydrogens (tertiary/aromatic N) is 3. The lowest BCUT2D eigenvalue weighted by Crippen LogP contribution is -2.53. The summed E-state index contributed by atoms with van der Waals surface area (Å²) >= 11 is 1.70. The summed E-state index contributed by atoms with van der Waals surface area (Å²) in [6, 6.07) is 13.7. The van der Waals surface area contributed by atoms with Crippen LogP contribution in [0, 0.1) is 5.82 Å². The maximum atomic E-state index is 14.0. The molecule has 31 heavy (non-hydrogen) atoms. The SMILES string of the molecule is COCCCC1CN(C2=Nc3ccc(F)cc3Nc3sc4ccccc4c32)CCN1C. The Balaban J connectivity index is 1.58. The van der Waals surface area contributed by atoms with E-state index in [0.717, 1.165) is 61.2 Å². The number of anilines is 2. The molecule has 0 radical (unpaired) electrons. The Labute approximate surface area is 186 Å². The van der Waals surface area contributed by atoms with Crippen molar-refractivity contribution in [2.75, 3.05) is 45.7 Å². The van der Waals surface area contributed by atoms with Crippen molar-refractivity contribution in [2.45, 2.75) is 18.9 Å². The number of likely N-dealkylation sites (N-methyl/N-ethyl adjacent to an activating group) is 1. The lowest BCUT2D eigenvalue weighted by molar-refractivity contribution is 0.119. The smallest absolute Gasteiger partial charge is 0.140 e. The maximum Gasteiger partial charge on any atom is 0.140 e. The van der Waals surface area contributed by atoms with E-state index in [-0.39, 0.29) is 5.82 Å². The molecule has 5 nitrogen and oxygen atoms in total. The minimum Gasteiger partial charge on any atom is -0.385 e. The molecule has 0 spiro atoms.